The summed E-state index contributed by atoms with van der Waals surface area (Å²) in [6.07, 6.45) is 26.7. The van der Waals surface area contributed by atoms with Crippen LogP contribution in [0.4, 0.5) is 0 Å². The molecule has 0 aromatic carbocycles. The SMILES string of the molecule is CCCCCCCCCCCCCCCCCCC[CH]C#N. The summed E-state index contributed by atoms with van der Waals surface area (Å²) in [5.74, 6) is 0. The lowest BCUT2D eigenvalue weighted by molar-refractivity contribution is 0.527. The molecular weight excluding hydrogens is 266 g/mol. The van der Waals surface area contributed by atoms with Gasteiger partial charge in [-0.05, 0) is 6.42 Å². The van der Waals surface area contributed by atoms with Crippen LogP contribution in [0.25, 0.3) is 0 Å². The summed E-state index contributed by atoms with van der Waals surface area (Å²) in [6, 6.07) is 2.10. The average Bonchev–Trinajstić information content (AvgIpc) is 2.54. The van der Waals surface area contributed by atoms with Gasteiger partial charge >= 0.3 is 0 Å². The zero-order chi connectivity index (χ0) is 16.1. The number of nitrogens with zero attached hydrogens (tertiary/aromatic N) is 1. The van der Waals surface area contributed by atoms with Gasteiger partial charge in [0.15, 0.2) is 0 Å². The van der Waals surface area contributed by atoms with Crippen molar-refractivity contribution in [2.45, 2.75) is 122 Å². The van der Waals surface area contributed by atoms with Crippen LogP contribution in [0.15, 0.2) is 0 Å². The first-order valence-corrected chi connectivity index (χ1v) is 10.1. The van der Waals surface area contributed by atoms with Crippen molar-refractivity contribution >= 4 is 0 Å². The van der Waals surface area contributed by atoms with E-state index in [1.165, 1.54) is 109 Å². The topological polar surface area (TPSA) is 23.8 Å². The van der Waals surface area contributed by atoms with Gasteiger partial charge in [-0.3, -0.25) is 0 Å². The normalized spacial score (nSPS) is 10.7. The van der Waals surface area contributed by atoms with E-state index < -0.39 is 0 Å². The quantitative estimate of drug-likeness (QED) is 0.237. The maximum Gasteiger partial charge on any atom is 0.0669 e. The predicted octanol–water partition coefficient (Wildman–Crippen LogP) is 7.76. The van der Waals surface area contributed by atoms with Gasteiger partial charge in [-0.2, -0.15) is 5.26 Å². The molecule has 0 bridgehead atoms. The predicted molar refractivity (Wildman–Crippen MR) is 98.7 cm³/mol. The van der Waals surface area contributed by atoms with E-state index in [2.05, 4.69) is 13.0 Å². The summed E-state index contributed by atoms with van der Waals surface area (Å²) in [4.78, 5) is 0. The summed E-state index contributed by atoms with van der Waals surface area (Å²) >= 11 is 0. The molecule has 0 spiro atoms. The molecule has 0 unspecified atom stereocenters. The van der Waals surface area contributed by atoms with E-state index in [-0.39, 0.29) is 0 Å². The number of rotatable bonds is 18. The summed E-state index contributed by atoms with van der Waals surface area (Å²) in [7, 11) is 0. The van der Waals surface area contributed by atoms with Crippen molar-refractivity contribution in [3.8, 4) is 6.07 Å². The molecule has 1 nitrogen and oxygen atoms in total. The first kappa shape index (κ1) is 21.5. The number of nitriles is 1. The molecule has 129 valence electrons. The monoisotopic (exact) mass is 306 g/mol. The standard InChI is InChI=1S/C21H40N/c1-2-3-4-5-6-7-8-9-10-11-12-13-14-15-16-17-18-19-20-21-22/h20H,2-19H2,1H3. The Morgan fingerprint density at radius 2 is 0.864 bits per heavy atom. The van der Waals surface area contributed by atoms with Crippen LogP contribution in [0.2, 0.25) is 0 Å². The van der Waals surface area contributed by atoms with Crippen LogP contribution in [0.1, 0.15) is 122 Å². The Bertz CT molecular complexity index is 229. The molecule has 1 radical (unpaired) electrons. The Labute approximate surface area is 140 Å². The fourth-order valence-corrected chi connectivity index (χ4v) is 3.04. The molecule has 1 heteroatoms. The molecule has 0 aliphatic carbocycles. The van der Waals surface area contributed by atoms with Crippen LogP contribution < -0.4 is 0 Å². The van der Waals surface area contributed by atoms with Crippen molar-refractivity contribution < 1.29 is 0 Å². The van der Waals surface area contributed by atoms with Gasteiger partial charge in [0.1, 0.15) is 0 Å². The molecule has 0 saturated carbocycles. The molecule has 22 heavy (non-hydrogen) atoms. The van der Waals surface area contributed by atoms with Gasteiger partial charge in [0.25, 0.3) is 0 Å². The fraction of sp³-hybridized carbons (Fsp3) is 0.905. The molecule has 0 rings (SSSR count). The zero-order valence-corrected chi connectivity index (χ0v) is 15.3. The Morgan fingerprint density at radius 3 is 1.18 bits per heavy atom. The van der Waals surface area contributed by atoms with Crippen LogP contribution in [0.5, 0.6) is 0 Å². The van der Waals surface area contributed by atoms with Crippen molar-refractivity contribution in [1.29, 1.82) is 5.26 Å². The molecule has 0 N–H and O–H groups in total. The minimum Gasteiger partial charge on any atom is -0.198 e. The average molecular weight is 307 g/mol. The van der Waals surface area contributed by atoms with E-state index in [4.69, 9.17) is 5.26 Å². The second kappa shape index (κ2) is 20.5. The third-order valence-electron chi connectivity index (χ3n) is 4.54. The Hall–Kier alpha value is -0.510. The third kappa shape index (κ3) is 19.5. The van der Waals surface area contributed by atoms with Gasteiger partial charge in [-0.1, -0.05) is 116 Å². The highest BCUT2D eigenvalue weighted by atomic mass is 14.2. The van der Waals surface area contributed by atoms with Gasteiger partial charge in [-0.25, -0.2) is 0 Å². The van der Waals surface area contributed by atoms with Crippen molar-refractivity contribution in [3.63, 3.8) is 0 Å². The molecule has 0 atom stereocenters. The first-order valence-electron chi connectivity index (χ1n) is 10.1. The second-order valence-corrected chi connectivity index (χ2v) is 6.78. The lowest BCUT2D eigenvalue weighted by Gasteiger charge is -2.03. The van der Waals surface area contributed by atoms with E-state index in [1.54, 1.807) is 6.42 Å². The molecular formula is C21H40N. The highest BCUT2D eigenvalue weighted by molar-refractivity contribution is 4.90. The summed E-state index contributed by atoms with van der Waals surface area (Å²) in [5.41, 5.74) is 0. The zero-order valence-electron chi connectivity index (χ0n) is 15.3. The molecule has 0 aliphatic rings. The summed E-state index contributed by atoms with van der Waals surface area (Å²) in [5, 5.41) is 8.40. The first-order chi connectivity index (χ1) is 10.9. The van der Waals surface area contributed by atoms with E-state index in [0.717, 1.165) is 6.42 Å². The van der Waals surface area contributed by atoms with Gasteiger partial charge in [0.2, 0.25) is 0 Å². The van der Waals surface area contributed by atoms with Crippen molar-refractivity contribution in [2.24, 2.45) is 0 Å². The fourth-order valence-electron chi connectivity index (χ4n) is 3.04. The van der Waals surface area contributed by atoms with Gasteiger partial charge in [0.05, 0.1) is 12.5 Å². The molecule has 0 aromatic rings. The molecule has 0 aromatic heterocycles. The summed E-state index contributed by atoms with van der Waals surface area (Å²) < 4.78 is 0. The van der Waals surface area contributed by atoms with Crippen molar-refractivity contribution in [1.82, 2.24) is 0 Å². The molecule has 0 aliphatic heterocycles. The van der Waals surface area contributed by atoms with E-state index in [0.29, 0.717) is 0 Å². The maximum atomic E-state index is 8.40. The van der Waals surface area contributed by atoms with Crippen LogP contribution in [0.3, 0.4) is 0 Å². The van der Waals surface area contributed by atoms with Crippen LogP contribution in [-0.2, 0) is 0 Å². The number of hydrogen-bond donors (Lipinski definition) is 0. The Balaban J connectivity index is 2.93. The smallest absolute Gasteiger partial charge is 0.0669 e. The van der Waals surface area contributed by atoms with Gasteiger partial charge < -0.3 is 0 Å². The largest absolute Gasteiger partial charge is 0.198 e. The lowest BCUT2D eigenvalue weighted by atomic mass is 10.0. The second-order valence-electron chi connectivity index (χ2n) is 6.78. The number of unbranched alkanes of at least 4 members (excludes halogenated alkanes) is 18. The highest BCUT2D eigenvalue weighted by Gasteiger charge is 1.94. The van der Waals surface area contributed by atoms with Gasteiger partial charge in [0, 0.05) is 0 Å². The van der Waals surface area contributed by atoms with Crippen LogP contribution in [-0.4, -0.2) is 0 Å². The molecule has 0 heterocycles. The summed E-state index contributed by atoms with van der Waals surface area (Å²) in [6.45, 7) is 2.29. The van der Waals surface area contributed by atoms with Crippen LogP contribution >= 0.6 is 0 Å². The Morgan fingerprint density at radius 1 is 0.545 bits per heavy atom. The van der Waals surface area contributed by atoms with E-state index >= 15 is 0 Å². The van der Waals surface area contributed by atoms with Crippen LogP contribution in [0, 0.1) is 17.8 Å². The highest BCUT2D eigenvalue weighted by Crippen LogP contribution is 2.14. The molecule has 0 fully saturated rings. The third-order valence-corrected chi connectivity index (χ3v) is 4.54. The van der Waals surface area contributed by atoms with Gasteiger partial charge in [-0.15, -0.1) is 0 Å². The Kier molecular flexibility index (Phi) is 20.0. The van der Waals surface area contributed by atoms with Crippen molar-refractivity contribution in [3.05, 3.63) is 6.42 Å². The van der Waals surface area contributed by atoms with E-state index in [9.17, 15) is 0 Å². The lowest BCUT2D eigenvalue weighted by Crippen LogP contribution is -1.84. The maximum absolute atomic E-state index is 8.40. The van der Waals surface area contributed by atoms with Crippen molar-refractivity contribution in [2.75, 3.05) is 0 Å². The minimum atomic E-state index is 0.981. The van der Waals surface area contributed by atoms with E-state index in [1.807, 2.05) is 0 Å². The molecule has 0 saturated heterocycles. The number of hydrogen-bond acceptors (Lipinski definition) is 1. The molecule has 0 amide bonds. The minimum absolute atomic E-state index is 0.981.